The third kappa shape index (κ3) is 9.34. The third-order valence-corrected chi connectivity index (χ3v) is 16.1. The molecule has 15 nitrogen and oxygen atoms in total. The zero-order valence-electron chi connectivity index (χ0n) is 37.6. The Kier molecular flexibility index (Phi) is 14.6. The predicted octanol–water partition coefficient (Wildman–Crippen LogP) is 6.84. The maximum Gasteiger partial charge on any atom is 0.356 e. The monoisotopic (exact) mass is 877 g/mol. The highest BCUT2D eigenvalue weighted by molar-refractivity contribution is 5.95. The number of nitrogens with one attached hydrogen (secondary N) is 1. The Hall–Kier alpha value is -3.82. The van der Waals surface area contributed by atoms with E-state index in [4.69, 9.17) is 20.3 Å². The fourth-order valence-corrected chi connectivity index (χ4v) is 13.2. The summed E-state index contributed by atoms with van der Waals surface area (Å²) in [6.07, 6.45) is 21.5. The number of hydrogen-bond donors (Lipinski definition) is 5. The molecule has 63 heavy (non-hydrogen) atoms. The molecular weight excluding hydrogens is 805 g/mol. The number of carbonyl (C=O) groups excluding carboxylic acids is 3. The van der Waals surface area contributed by atoms with Gasteiger partial charge in [0, 0.05) is 23.2 Å². The number of aliphatic hydroxyl groups is 2. The van der Waals surface area contributed by atoms with Gasteiger partial charge in [0.1, 0.15) is 0 Å². The molecule has 0 aliphatic heterocycles. The maximum absolute atomic E-state index is 13.5. The second kappa shape index (κ2) is 20.1. The SMILES string of the molecule is CCOC(=O)[C@H]1C2CCC(C2)C1NC(=O)c1nn(C2CCCCC2)c2c1CCCC2O.CCOC(=O)[C@H]1C2CCC(C2)[C@H]1N.O=C(O)c1nn(C2CCCCC2)c2c1CCCC2O. The molecule has 4 bridgehead atoms. The van der Waals surface area contributed by atoms with Crippen molar-refractivity contribution in [3.63, 3.8) is 0 Å². The molecule has 7 unspecified atom stereocenters. The molecular formula is C48H72N6O9. The van der Waals surface area contributed by atoms with E-state index in [1.807, 2.05) is 23.2 Å². The normalized spacial score (nSPS) is 32.1. The first-order valence-corrected chi connectivity index (χ1v) is 24.7. The number of carbonyl (C=O) groups is 4. The molecule has 348 valence electrons. The summed E-state index contributed by atoms with van der Waals surface area (Å²) >= 11 is 0. The number of nitrogens with two attached hydrogens (primary N) is 1. The lowest BCUT2D eigenvalue weighted by molar-refractivity contribution is -0.151. The summed E-state index contributed by atoms with van der Waals surface area (Å²) in [4.78, 5) is 48.9. The van der Waals surface area contributed by atoms with E-state index < -0.39 is 18.2 Å². The van der Waals surface area contributed by atoms with Crippen LogP contribution < -0.4 is 11.1 Å². The van der Waals surface area contributed by atoms with Crippen LogP contribution in [0.25, 0.3) is 0 Å². The quantitative estimate of drug-likeness (QED) is 0.163. The summed E-state index contributed by atoms with van der Waals surface area (Å²) in [6, 6.07) is 0.432. The van der Waals surface area contributed by atoms with E-state index in [9.17, 15) is 34.5 Å². The van der Waals surface area contributed by atoms with Crippen molar-refractivity contribution in [3.05, 3.63) is 33.9 Å². The van der Waals surface area contributed by atoms with Crippen LogP contribution in [0.1, 0.15) is 210 Å². The lowest BCUT2D eigenvalue weighted by Crippen LogP contribution is -2.47. The number of carboxylic acids is 1. The number of fused-ring (bicyclic) bond motifs is 6. The number of amides is 1. The van der Waals surface area contributed by atoms with E-state index in [1.54, 1.807) is 0 Å². The van der Waals surface area contributed by atoms with Crippen molar-refractivity contribution in [1.29, 1.82) is 0 Å². The largest absolute Gasteiger partial charge is 0.476 e. The molecule has 2 heterocycles. The summed E-state index contributed by atoms with van der Waals surface area (Å²) in [6.45, 7) is 4.51. The van der Waals surface area contributed by atoms with Gasteiger partial charge in [-0.25, -0.2) is 4.79 Å². The van der Waals surface area contributed by atoms with Gasteiger partial charge in [-0.05, 0) is 140 Å². The average Bonchev–Trinajstić information content (AvgIpc) is 4.15. The van der Waals surface area contributed by atoms with E-state index >= 15 is 0 Å². The molecule has 15 heteroatoms. The van der Waals surface area contributed by atoms with Gasteiger partial charge in [-0.3, -0.25) is 23.7 Å². The van der Waals surface area contributed by atoms with Gasteiger partial charge in [-0.2, -0.15) is 10.2 Å². The lowest BCUT2D eigenvalue weighted by Gasteiger charge is -2.30. The molecule has 6 saturated carbocycles. The van der Waals surface area contributed by atoms with Crippen molar-refractivity contribution < 1.29 is 44.0 Å². The number of rotatable bonds is 9. The van der Waals surface area contributed by atoms with Gasteiger partial charge in [-0.1, -0.05) is 38.5 Å². The van der Waals surface area contributed by atoms with Crippen molar-refractivity contribution in [2.24, 2.45) is 41.2 Å². The van der Waals surface area contributed by atoms with Gasteiger partial charge in [0.25, 0.3) is 5.91 Å². The van der Waals surface area contributed by atoms with Gasteiger partial charge in [0.2, 0.25) is 0 Å². The Balaban J connectivity index is 0.000000144. The molecule has 0 aromatic carbocycles. The zero-order chi connectivity index (χ0) is 44.4. The highest BCUT2D eigenvalue weighted by atomic mass is 16.5. The van der Waals surface area contributed by atoms with Gasteiger partial charge in [0.05, 0.1) is 60.7 Å². The molecule has 6 N–H and O–H groups in total. The van der Waals surface area contributed by atoms with Crippen LogP contribution in [-0.2, 0) is 31.9 Å². The first-order valence-electron chi connectivity index (χ1n) is 24.7. The number of aromatic nitrogens is 4. The molecule has 10 atom stereocenters. The predicted molar refractivity (Wildman–Crippen MR) is 233 cm³/mol. The Morgan fingerprint density at radius 1 is 0.619 bits per heavy atom. The Morgan fingerprint density at radius 2 is 1.08 bits per heavy atom. The van der Waals surface area contributed by atoms with Crippen molar-refractivity contribution >= 4 is 23.8 Å². The number of aromatic carboxylic acids is 1. The second-order valence-electron chi connectivity index (χ2n) is 19.8. The van der Waals surface area contributed by atoms with Crippen molar-refractivity contribution in [1.82, 2.24) is 24.9 Å². The van der Waals surface area contributed by atoms with Crippen LogP contribution >= 0.6 is 0 Å². The lowest BCUT2D eigenvalue weighted by atomic mass is 9.84. The molecule has 8 aliphatic carbocycles. The Morgan fingerprint density at radius 3 is 1.59 bits per heavy atom. The molecule has 0 saturated heterocycles. The third-order valence-electron chi connectivity index (χ3n) is 16.1. The molecule has 0 radical (unpaired) electrons. The Labute approximate surface area is 371 Å². The fourth-order valence-electron chi connectivity index (χ4n) is 13.2. The summed E-state index contributed by atoms with van der Waals surface area (Å²) in [5, 5.41) is 42.6. The van der Waals surface area contributed by atoms with Crippen LogP contribution in [0.15, 0.2) is 0 Å². The van der Waals surface area contributed by atoms with Crippen LogP contribution in [0.2, 0.25) is 0 Å². The molecule has 0 spiro atoms. The van der Waals surface area contributed by atoms with Crippen molar-refractivity contribution in [2.75, 3.05) is 13.2 Å². The number of hydrogen-bond acceptors (Lipinski definition) is 11. The number of nitrogens with zero attached hydrogens (tertiary/aromatic N) is 4. The number of carboxylic acid groups (broad SMARTS) is 1. The second-order valence-corrected chi connectivity index (χ2v) is 19.8. The smallest absolute Gasteiger partial charge is 0.356 e. The Bertz CT molecular complexity index is 1950. The van der Waals surface area contributed by atoms with Crippen LogP contribution in [0.4, 0.5) is 0 Å². The van der Waals surface area contributed by atoms with E-state index in [2.05, 4.69) is 10.4 Å². The number of aliphatic hydroxyl groups excluding tert-OH is 2. The highest BCUT2D eigenvalue weighted by Gasteiger charge is 2.53. The molecule has 2 aromatic rings. The summed E-state index contributed by atoms with van der Waals surface area (Å²) in [7, 11) is 0. The first-order chi connectivity index (χ1) is 30.5. The molecule has 1 amide bonds. The summed E-state index contributed by atoms with van der Waals surface area (Å²) in [5.74, 6) is 0.0933. The van der Waals surface area contributed by atoms with E-state index in [0.29, 0.717) is 49.0 Å². The fraction of sp³-hybridized carbons (Fsp3) is 0.792. The van der Waals surface area contributed by atoms with E-state index in [-0.39, 0.29) is 59.5 Å². The number of ether oxygens (including phenoxy) is 2. The van der Waals surface area contributed by atoms with Crippen molar-refractivity contribution in [3.8, 4) is 0 Å². The van der Waals surface area contributed by atoms with E-state index in [1.165, 1.54) is 38.5 Å². The molecule has 2 aromatic heterocycles. The van der Waals surface area contributed by atoms with Gasteiger partial charge in [0.15, 0.2) is 11.4 Å². The topological polar surface area (TPSA) is 221 Å². The van der Waals surface area contributed by atoms with Gasteiger partial charge >= 0.3 is 17.9 Å². The summed E-state index contributed by atoms with van der Waals surface area (Å²) < 4.78 is 14.2. The van der Waals surface area contributed by atoms with Crippen LogP contribution in [0.3, 0.4) is 0 Å². The van der Waals surface area contributed by atoms with Crippen LogP contribution in [0, 0.1) is 35.5 Å². The summed E-state index contributed by atoms with van der Waals surface area (Å²) in [5.41, 5.74) is 9.92. The minimum Gasteiger partial charge on any atom is -0.476 e. The minimum absolute atomic E-state index is 0.00120. The minimum atomic E-state index is -0.972. The van der Waals surface area contributed by atoms with E-state index in [0.717, 1.165) is 119 Å². The van der Waals surface area contributed by atoms with Crippen molar-refractivity contribution in [2.45, 2.75) is 191 Å². The molecule has 10 rings (SSSR count). The first kappa shape index (κ1) is 45.7. The highest BCUT2D eigenvalue weighted by Crippen LogP contribution is 2.50. The molecule has 8 aliphatic rings. The number of esters is 2. The van der Waals surface area contributed by atoms with Gasteiger partial charge < -0.3 is 35.8 Å². The molecule has 6 fully saturated rings. The average molecular weight is 877 g/mol. The van der Waals surface area contributed by atoms with Crippen LogP contribution in [-0.4, -0.2) is 84.0 Å². The van der Waals surface area contributed by atoms with Crippen LogP contribution in [0.5, 0.6) is 0 Å². The zero-order valence-corrected chi connectivity index (χ0v) is 37.6. The van der Waals surface area contributed by atoms with Gasteiger partial charge in [-0.15, -0.1) is 0 Å². The maximum atomic E-state index is 13.5. The standard InChI is InChI=1S/C24H35N3O4.C14H20N2O3.C10H17NO2/c1-2-31-24(30)19-14-11-12-15(13-14)20(19)25-23(29)21-17-9-6-10-18(28)22(17)27(26-21)16-7-4-3-5-8-16;17-11-8-4-7-10-12(14(18)19)15-16(13(10)11)9-5-2-1-3-6-9;1-2-13-10(12)8-6-3-4-7(5-6)9(8)11/h14-16,18-20,28H,2-13H2,1H3,(H,25,29);9,11,17H,1-8H2,(H,18,19);6-9H,2-5,11H2,1H3/t14?,15?,18?,19-,20?;;6?,7?,8-,9+/m0.0/s1.